The summed E-state index contributed by atoms with van der Waals surface area (Å²) < 4.78 is 7.15. The third-order valence-electron chi connectivity index (χ3n) is 7.10. The van der Waals surface area contributed by atoms with Crippen LogP contribution in [0.4, 0.5) is 16.6 Å². The molecule has 1 fully saturated rings. The van der Waals surface area contributed by atoms with E-state index < -0.39 is 23.6 Å². The first-order valence-corrected chi connectivity index (χ1v) is 14.0. The zero-order valence-corrected chi connectivity index (χ0v) is 24.9. The Hall–Kier alpha value is -4.50. The van der Waals surface area contributed by atoms with E-state index in [2.05, 4.69) is 22.1 Å². The Kier molecular flexibility index (Phi) is 7.88. The molecule has 4 heterocycles. The lowest BCUT2D eigenvalue weighted by molar-refractivity contribution is -0.130. The van der Waals surface area contributed by atoms with Gasteiger partial charge >= 0.3 is 6.09 Å². The van der Waals surface area contributed by atoms with Crippen molar-refractivity contribution in [1.29, 1.82) is 0 Å². The second kappa shape index (κ2) is 11.4. The van der Waals surface area contributed by atoms with Gasteiger partial charge in [-0.2, -0.15) is 4.98 Å². The predicted octanol–water partition coefficient (Wildman–Crippen LogP) is 3.11. The maximum Gasteiger partial charge on any atom is 0.408 e. The quantitative estimate of drug-likeness (QED) is 0.363. The summed E-state index contributed by atoms with van der Waals surface area (Å²) >= 11 is 0. The van der Waals surface area contributed by atoms with E-state index >= 15 is 0 Å². The molecule has 220 valence electrons. The number of carbonyl (C=O) groups is 3. The van der Waals surface area contributed by atoms with Crippen molar-refractivity contribution in [3.05, 3.63) is 41.5 Å². The molecule has 2 aliphatic heterocycles. The molecule has 2 aromatic heterocycles. The van der Waals surface area contributed by atoms with Gasteiger partial charge in [0.15, 0.2) is 5.82 Å². The zero-order chi connectivity index (χ0) is 30.2. The largest absolute Gasteiger partial charge is 0.444 e. The van der Waals surface area contributed by atoms with Crippen LogP contribution in [0.2, 0.25) is 0 Å². The van der Waals surface area contributed by atoms with Crippen LogP contribution in [-0.2, 0) is 34.0 Å². The molecule has 1 saturated heterocycles. The van der Waals surface area contributed by atoms with E-state index in [1.807, 2.05) is 47.7 Å². The van der Waals surface area contributed by atoms with Gasteiger partial charge in [-0.15, -0.1) is 5.92 Å². The number of para-hydroxylation sites is 1. The summed E-state index contributed by atoms with van der Waals surface area (Å²) in [6.45, 7) is 10.7. The van der Waals surface area contributed by atoms with E-state index in [0.717, 1.165) is 27.2 Å². The second-order valence-corrected chi connectivity index (χ2v) is 11.6. The normalized spacial score (nSPS) is 17.6. The van der Waals surface area contributed by atoms with Crippen LogP contribution in [-0.4, -0.2) is 67.7 Å². The average molecular weight is 573 g/mol. The number of aromatic nitrogens is 4. The zero-order valence-electron chi connectivity index (χ0n) is 24.9. The number of benzene rings is 1. The molecule has 3 amide bonds. The maximum atomic E-state index is 13.6. The first-order chi connectivity index (χ1) is 19.9. The van der Waals surface area contributed by atoms with Gasteiger partial charge in [-0.3, -0.25) is 19.1 Å². The third-order valence-corrected chi connectivity index (χ3v) is 7.10. The van der Waals surface area contributed by atoms with E-state index in [9.17, 15) is 14.4 Å². The molecule has 3 aromatic rings. The van der Waals surface area contributed by atoms with Crippen molar-refractivity contribution in [1.82, 2.24) is 29.7 Å². The number of carbonyl (C=O) groups excluding carboxylic acids is 3. The molecule has 5 rings (SSSR count). The molecular formula is C30H36N8O4. The minimum absolute atomic E-state index is 0.0732. The van der Waals surface area contributed by atoms with E-state index in [1.54, 1.807) is 27.7 Å². The Morgan fingerprint density at radius 2 is 1.93 bits per heavy atom. The van der Waals surface area contributed by atoms with Crippen molar-refractivity contribution in [2.75, 3.05) is 23.5 Å². The van der Waals surface area contributed by atoms with Crippen LogP contribution < -0.4 is 15.1 Å². The molecule has 1 aromatic carbocycles. The van der Waals surface area contributed by atoms with Crippen molar-refractivity contribution < 1.29 is 19.1 Å². The minimum atomic E-state index is -0.917. The molecule has 1 N–H and O–H groups in total. The highest BCUT2D eigenvalue weighted by Gasteiger charge is 2.41. The molecule has 0 bridgehead atoms. The number of hydrogen-bond acceptors (Lipinski definition) is 9. The lowest BCUT2D eigenvalue weighted by Gasteiger charge is -2.33. The standard InChI is InChI=1S/C30H36N8O4/c1-7-8-15-37-23-16-36(17-24-31-19(2)20-11-9-10-12-21(20)32-24)18-35(6)26(23)34-28(37)38-25(39)14-13-22(27(38)40)33-29(41)42-30(3,4)5/h9-12,22H,13-18H2,1-6H3,(H,33,41)/t22-/m1/s1. The number of imide groups is 1. The first kappa shape index (κ1) is 29.0. The summed E-state index contributed by atoms with van der Waals surface area (Å²) in [5.74, 6) is 6.59. The number of amides is 3. The average Bonchev–Trinajstić information content (AvgIpc) is 3.26. The van der Waals surface area contributed by atoms with Crippen molar-refractivity contribution in [3.8, 4) is 11.8 Å². The molecule has 0 saturated carbocycles. The molecule has 42 heavy (non-hydrogen) atoms. The fraction of sp³-hybridized carbons (Fsp3) is 0.467. The smallest absolute Gasteiger partial charge is 0.408 e. The summed E-state index contributed by atoms with van der Waals surface area (Å²) in [5.41, 5.74) is 1.91. The first-order valence-electron chi connectivity index (χ1n) is 14.0. The lowest BCUT2D eigenvalue weighted by atomic mass is 10.0. The van der Waals surface area contributed by atoms with Crippen LogP contribution in [0.15, 0.2) is 24.3 Å². The number of fused-ring (bicyclic) bond motifs is 2. The van der Waals surface area contributed by atoms with Crippen molar-refractivity contribution >= 4 is 40.6 Å². The lowest BCUT2D eigenvalue weighted by Crippen LogP contribution is -2.56. The Morgan fingerprint density at radius 3 is 2.67 bits per heavy atom. The fourth-order valence-electron chi connectivity index (χ4n) is 5.29. The van der Waals surface area contributed by atoms with Crippen molar-refractivity contribution in [2.24, 2.45) is 0 Å². The minimum Gasteiger partial charge on any atom is -0.444 e. The van der Waals surface area contributed by atoms with Gasteiger partial charge in [0.1, 0.15) is 17.5 Å². The highest BCUT2D eigenvalue weighted by molar-refractivity contribution is 6.18. The van der Waals surface area contributed by atoms with E-state index in [1.165, 1.54) is 0 Å². The van der Waals surface area contributed by atoms with Gasteiger partial charge in [0, 0.05) is 31.1 Å². The molecule has 0 aliphatic carbocycles. The molecular weight excluding hydrogens is 536 g/mol. The highest BCUT2D eigenvalue weighted by atomic mass is 16.6. The second-order valence-electron chi connectivity index (χ2n) is 11.6. The SMILES string of the molecule is CC#CCn1c(N2C(=O)CC[C@@H](NC(=O)OC(C)(C)C)C2=O)nc2c1CN(Cc1nc(C)c3ccccc3n1)CN2C. The molecule has 1 atom stereocenters. The van der Waals surface area contributed by atoms with E-state index in [4.69, 9.17) is 19.7 Å². The number of anilines is 2. The molecule has 12 heteroatoms. The van der Waals surface area contributed by atoms with Gasteiger partial charge in [-0.1, -0.05) is 24.1 Å². The number of ether oxygens (including phenoxy) is 1. The van der Waals surface area contributed by atoms with Gasteiger partial charge in [-0.05, 0) is 47.1 Å². The van der Waals surface area contributed by atoms with E-state index in [0.29, 0.717) is 31.4 Å². The van der Waals surface area contributed by atoms with Crippen LogP contribution in [0.25, 0.3) is 10.9 Å². The monoisotopic (exact) mass is 572 g/mol. The summed E-state index contributed by atoms with van der Waals surface area (Å²) in [5, 5.41) is 3.65. The fourth-order valence-corrected chi connectivity index (χ4v) is 5.29. The third kappa shape index (κ3) is 5.92. The molecule has 12 nitrogen and oxygen atoms in total. The van der Waals surface area contributed by atoms with Gasteiger partial charge in [-0.25, -0.2) is 19.7 Å². The Bertz CT molecular complexity index is 1610. The van der Waals surface area contributed by atoms with Crippen LogP contribution in [0, 0.1) is 18.8 Å². The van der Waals surface area contributed by atoms with Gasteiger partial charge in [0.2, 0.25) is 11.9 Å². The van der Waals surface area contributed by atoms with Gasteiger partial charge < -0.3 is 15.0 Å². The number of imidazole rings is 1. The molecule has 2 aliphatic rings. The van der Waals surface area contributed by atoms with Crippen molar-refractivity contribution in [2.45, 2.75) is 78.7 Å². The van der Waals surface area contributed by atoms with Crippen LogP contribution >= 0.6 is 0 Å². The topological polar surface area (TPSA) is 126 Å². The highest BCUT2D eigenvalue weighted by Crippen LogP contribution is 2.33. The predicted molar refractivity (Wildman–Crippen MR) is 157 cm³/mol. The van der Waals surface area contributed by atoms with Crippen LogP contribution in [0.3, 0.4) is 0 Å². The number of aryl methyl sites for hydroxylation is 1. The number of hydrogen-bond donors (Lipinski definition) is 1. The van der Waals surface area contributed by atoms with Crippen LogP contribution in [0.5, 0.6) is 0 Å². The van der Waals surface area contributed by atoms with Gasteiger partial charge in [0.25, 0.3) is 5.91 Å². The summed E-state index contributed by atoms with van der Waals surface area (Å²) in [6, 6.07) is 7.02. The number of piperidine rings is 1. The number of nitrogens with zero attached hydrogens (tertiary/aromatic N) is 7. The number of nitrogens with one attached hydrogen (secondary N) is 1. The van der Waals surface area contributed by atoms with E-state index in [-0.39, 0.29) is 31.2 Å². The van der Waals surface area contributed by atoms with Crippen LogP contribution in [0.1, 0.15) is 57.7 Å². The Balaban J connectivity index is 1.44. The molecule has 0 spiro atoms. The Labute approximate surface area is 245 Å². The summed E-state index contributed by atoms with van der Waals surface area (Å²) in [6.07, 6.45) is -0.457. The number of rotatable bonds is 5. The summed E-state index contributed by atoms with van der Waals surface area (Å²) in [7, 11) is 1.91. The molecule has 0 radical (unpaired) electrons. The number of alkyl carbamates (subject to hydrolysis) is 1. The Morgan fingerprint density at radius 1 is 1.17 bits per heavy atom. The molecule has 0 unspecified atom stereocenters. The summed E-state index contributed by atoms with van der Waals surface area (Å²) in [4.78, 5) is 58.7. The van der Waals surface area contributed by atoms with Gasteiger partial charge in [0.05, 0.1) is 31.0 Å². The van der Waals surface area contributed by atoms with Crippen molar-refractivity contribution in [3.63, 3.8) is 0 Å². The maximum absolute atomic E-state index is 13.6.